The number of hydrogen-bond donors (Lipinski definition) is 1. The van der Waals surface area contributed by atoms with Gasteiger partial charge in [-0.1, -0.05) is 31.5 Å². The zero-order chi connectivity index (χ0) is 14.9. The van der Waals surface area contributed by atoms with Gasteiger partial charge in [-0.2, -0.15) is 0 Å². The van der Waals surface area contributed by atoms with Gasteiger partial charge in [0.2, 0.25) is 0 Å². The number of rotatable bonds is 4. The lowest BCUT2D eigenvalue weighted by Crippen LogP contribution is -2.06. The molecule has 0 aliphatic rings. The van der Waals surface area contributed by atoms with Crippen LogP contribution in [0.25, 0.3) is 11.3 Å². The fourth-order valence-electron chi connectivity index (χ4n) is 2.99. The molecule has 0 atom stereocenters. The van der Waals surface area contributed by atoms with Crippen LogP contribution in [0.4, 0.5) is 5.82 Å². The number of aromatic nitrogens is 2. The molecule has 0 aliphatic carbocycles. The van der Waals surface area contributed by atoms with E-state index in [1.807, 2.05) is 0 Å². The number of benzene rings is 1. The molecule has 0 saturated carbocycles. The molecule has 1 aromatic heterocycles. The van der Waals surface area contributed by atoms with Gasteiger partial charge in [0.25, 0.3) is 0 Å². The van der Waals surface area contributed by atoms with Crippen molar-refractivity contribution < 1.29 is 0 Å². The molecular weight excluding hydrogens is 246 g/mol. The minimum absolute atomic E-state index is 0.804. The summed E-state index contributed by atoms with van der Waals surface area (Å²) >= 11 is 0. The summed E-state index contributed by atoms with van der Waals surface area (Å²) in [6.45, 7) is 11.6. The van der Waals surface area contributed by atoms with Crippen molar-refractivity contribution in [2.75, 3.05) is 5.73 Å². The molecule has 2 N–H and O–H groups in total. The molecule has 0 spiro atoms. The highest BCUT2D eigenvalue weighted by atomic mass is 15.1. The molecule has 0 fully saturated rings. The Morgan fingerprint density at radius 3 is 2.20 bits per heavy atom. The summed E-state index contributed by atoms with van der Waals surface area (Å²) in [6.07, 6.45) is 1.98. The first-order valence-electron chi connectivity index (χ1n) is 7.42. The first-order valence-corrected chi connectivity index (χ1v) is 7.42. The van der Waals surface area contributed by atoms with Crippen molar-refractivity contribution >= 4 is 5.82 Å². The summed E-state index contributed by atoms with van der Waals surface area (Å²) in [6, 6.07) is 4.40. The Labute approximate surface area is 121 Å². The van der Waals surface area contributed by atoms with Crippen molar-refractivity contribution in [2.24, 2.45) is 0 Å². The van der Waals surface area contributed by atoms with E-state index in [2.05, 4.69) is 51.3 Å². The Hall–Kier alpha value is -1.77. The monoisotopic (exact) mass is 271 g/mol. The molecule has 1 aromatic carbocycles. The predicted molar refractivity (Wildman–Crippen MR) is 86.0 cm³/mol. The summed E-state index contributed by atoms with van der Waals surface area (Å²) in [5.41, 5.74) is 12.3. The van der Waals surface area contributed by atoms with Gasteiger partial charge < -0.3 is 10.3 Å². The highest BCUT2D eigenvalue weighted by Gasteiger charge is 2.18. The van der Waals surface area contributed by atoms with Crippen molar-refractivity contribution in [3.63, 3.8) is 0 Å². The van der Waals surface area contributed by atoms with Gasteiger partial charge >= 0.3 is 0 Å². The highest BCUT2D eigenvalue weighted by molar-refractivity contribution is 5.76. The Morgan fingerprint density at radius 2 is 1.70 bits per heavy atom. The summed E-state index contributed by atoms with van der Waals surface area (Å²) in [5.74, 6) is 1.89. The zero-order valence-electron chi connectivity index (χ0n) is 13.2. The predicted octanol–water partition coefficient (Wildman–Crippen LogP) is 4.03. The average Bonchev–Trinajstić information content (AvgIpc) is 2.67. The smallest absolute Gasteiger partial charge is 0.131 e. The van der Waals surface area contributed by atoms with E-state index in [0.717, 1.165) is 36.7 Å². The van der Waals surface area contributed by atoms with E-state index < -0.39 is 0 Å². The van der Waals surface area contributed by atoms with E-state index in [1.54, 1.807) is 0 Å². The second-order valence-electron chi connectivity index (χ2n) is 5.54. The van der Waals surface area contributed by atoms with Crippen LogP contribution in [0.15, 0.2) is 12.1 Å². The topological polar surface area (TPSA) is 43.8 Å². The number of aryl methyl sites for hydroxylation is 4. The van der Waals surface area contributed by atoms with Crippen LogP contribution in [0.5, 0.6) is 0 Å². The molecule has 0 amide bonds. The first kappa shape index (κ1) is 14.6. The number of nitrogens with zero attached hydrogens (tertiary/aromatic N) is 2. The van der Waals surface area contributed by atoms with Gasteiger partial charge in [0.1, 0.15) is 17.3 Å². The van der Waals surface area contributed by atoms with E-state index in [-0.39, 0.29) is 0 Å². The third-order valence-electron chi connectivity index (χ3n) is 3.76. The highest BCUT2D eigenvalue weighted by Crippen LogP contribution is 2.32. The lowest BCUT2D eigenvalue weighted by Gasteiger charge is -2.11. The molecule has 108 valence electrons. The minimum atomic E-state index is 0.804. The summed E-state index contributed by atoms with van der Waals surface area (Å²) in [5, 5.41) is 0. The number of imidazole rings is 1. The maximum absolute atomic E-state index is 6.37. The normalized spacial score (nSPS) is 11.1. The number of anilines is 1. The minimum Gasteiger partial charge on any atom is -0.383 e. The van der Waals surface area contributed by atoms with Gasteiger partial charge in [-0.25, -0.2) is 4.98 Å². The molecule has 0 bridgehead atoms. The second kappa shape index (κ2) is 5.70. The van der Waals surface area contributed by atoms with Crippen LogP contribution >= 0.6 is 0 Å². The van der Waals surface area contributed by atoms with Crippen LogP contribution in [-0.2, 0) is 13.0 Å². The molecule has 3 nitrogen and oxygen atoms in total. The SMILES string of the molecule is CCCn1c(CC)nc(-c2c(C)cc(C)cc2C)c1N. The molecule has 20 heavy (non-hydrogen) atoms. The van der Waals surface area contributed by atoms with Crippen LogP contribution in [0.1, 0.15) is 42.8 Å². The van der Waals surface area contributed by atoms with Crippen LogP contribution in [-0.4, -0.2) is 9.55 Å². The number of nitrogens with two attached hydrogens (primary N) is 1. The van der Waals surface area contributed by atoms with E-state index in [1.165, 1.54) is 22.3 Å². The Balaban J connectivity index is 2.65. The second-order valence-corrected chi connectivity index (χ2v) is 5.54. The Kier molecular flexibility index (Phi) is 4.17. The number of hydrogen-bond acceptors (Lipinski definition) is 2. The van der Waals surface area contributed by atoms with Gasteiger partial charge in [-0.3, -0.25) is 0 Å². The van der Waals surface area contributed by atoms with Crippen molar-refractivity contribution in [1.29, 1.82) is 0 Å². The van der Waals surface area contributed by atoms with Crippen molar-refractivity contribution in [3.8, 4) is 11.3 Å². The van der Waals surface area contributed by atoms with Crippen LogP contribution in [0.3, 0.4) is 0 Å². The zero-order valence-corrected chi connectivity index (χ0v) is 13.2. The van der Waals surface area contributed by atoms with E-state index >= 15 is 0 Å². The van der Waals surface area contributed by atoms with E-state index in [9.17, 15) is 0 Å². The molecule has 3 heteroatoms. The Morgan fingerprint density at radius 1 is 1.10 bits per heavy atom. The van der Waals surface area contributed by atoms with E-state index in [4.69, 9.17) is 10.7 Å². The quantitative estimate of drug-likeness (QED) is 0.912. The van der Waals surface area contributed by atoms with Crippen molar-refractivity contribution in [2.45, 2.75) is 54.0 Å². The van der Waals surface area contributed by atoms with Crippen LogP contribution in [0, 0.1) is 20.8 Å². The van der Waals surface area contributed by atoms with Crippen LogP contribution in [0.2, 0.25) is 0 Å². The van der Waals surface area contributed by atoms with Gasteiger partial charge in [0.05, 0.1) is 0 Å². The third-order valence-corrected chi connectivity index (χ3v) is 3.76. The fraction of sp³-hybridized carbons (Fsp3) is 0.471. The van der Waals surface area contributed by atoms with Gasteiger partial charge in [-0.15, -0.1) is 0 Å². The average molecular weight is 271 g/mol. The molecule has 2 aromatic rings. The summed E-state index contributed by atoms with van der Waals surface area (Å²) in [4.78, 5) is 4.81. The Bertz CT molecular complexity index is 600. The van der Waals surface area contributed by atoms with Crippen molar-refractivity contribution in [3.05, 3.63) is 34.6 Å². The molecule has 0 radical (unpaired) electrons. The van der Waals surface area contributed by atoms with Crippen molar-refractivity contribution in [1.82, 2.24) is 9.55 Å². The van der Waals surface area contributed by atoms with Gasteiger partial charge in [-0.05, 0) is 38.3 Å². The summed E-state index contributed by atoms with van der Waals surface area (Å²) < 4.78 is 2.16. The standard InChI is InChI=1S/C17H25N3/c1-6-8-20-14(7-2)19-16(17(20)18)15-12(4)9-11(3)10-13(15)5/h9-10H,6-8,18H2,1-5H3. The maximum Gasteiger partial charge on any atom is 0.131 e. The molecule has 0 unspecified atom stereocenters. The third kappa shape index (κ3) is 2.45. The molecular formula is C17H25N3. The van der Waals surface area contributed by atoms with E-state index in [0.29, 0.717) is 0 Å². The molecule has 0 aliphatic heterocycles. The lowest BCUT2D eigenvalue weighted by atomic mass is 9.97. The fourth-order valence-corrected chi connectivity index (χ4v) is 2.99. The number of nitrogen functional groups attached to an aromatic ring is 1. The van der Waals surface area contributed by atoms with Crippen LogP contribution < -0.4 is 5.73 Å². The first-order chi connectivity index (χ1) is 9.49. The van der Waals surface area contributed by atoms with Gasteiger partial charge in [0.15, 0.2) is 0 Å². The maximum atomic E-state index is 6.37. The van der Waals surface area contributed by atoms with Gasteiger partial charge in [0, 0.05) is 18.5 Å². The lowest BCUT2D eigenvalue weighted by molar-refractivity contribution is 0.650. The molecule has 2 rings (SSSR count). The summed E-state index contributed by atoms with van der Waals surface area (Å²) in [7, 11) is 0. The molecule has 1 heterocycles. The molecule has 0 saturated heterocycles. The largest absolute Gasteiger partial charge is 0.383 e.